The van der Waals surface area contributed by atoms with Gasteiger partial charge in [0.2, 0.25) is 0 Å². The van der Waals surface area contributed by atoms with Gasteiger partial charge in [0.15, 0.2) is 0 Å². The molecule has 2 aromatic rings. The van der Waals surface area contributed by atoms with E-state index in [1.165, 1.54) is 0 Å². The second-order valence-corrected chi connectivity index (χ2v) is 6.67. The minimum absolute atomic E-state index is 0.00579. The number of rotatable bonds is 5. The molecule has 0 radical (unpaired) electrons. The van der Waals surface area contributed by atoms with Gasteiger partial charge in [-0.25, -0.2) is 9.59 Å². The topological polar surface area (TPSA) is 85.9 Å². The van der Waals surface area contributed by atoms with Gasteiger partial charge in [0.1, 0.15) is 5.75 Å². The van der Waals surface area contributed by atoms with Crippen molar-refractivity contribution in [3.8, 4) is 5.75 Å². The van der Waals surface area contributed by atoms with E-state index < -0.39 is 0 Å². The fourth-order valence-electron chi connectivity index (χ4n) is 3.18. The van der Waals surface area contributed by atoms with Crippen molar-refractivity contribution in [3.63, 3.8) is 0 Å². The average Bonchev–Trinajstić information content (AvgIpc) is 2.74. The standard InChI is InChI=1S/C21H27N5O3/c1-3-22-21(28)26-13-11-25(12-14-26)18-9-7-16(8-10-18)23-20(27)24-17-5-4-6-19(15-17)29-2/h4-10,15H,3,11-14H2,1-2H3,(H,22,28)(H2,23,24,27). The maximum absolute atomic E-state index is 12.2. The molecule has 4 amide bonds. The molecular formula is C21H27N5O3. The number of nitrogens with one attached hydrogen (secondary N) is 3. The van der Waals surface area contributed by atoms with E-state index in [4.69, 9.17) is 4.74 Å². The van der Waals surface area contributed by atoms with E-state index in [9.17, 15) is 9.59 Å². The number of ether oxygens (including phenoxy) is 1. The Hall–Kier alpha value is -3.42. The maximum atomic E-state index is 12.2. The van der Waals surface area contributed by atoms with Gasteiger partial charge < -0.3 is 30.5 Å². The van der Waals surface area contributed by atoms with Crippen LogP contribution < -0.4 is 25.6 Å². The first-order valence-corrected chi connectivity index (χ1v) is 9.69. The summed E-state index contributed by atoms with van der Waals surface area (Å²) in [5.41, 5.74) is 2.43. The van der Waals surface area contributed by atoms with Gasteiger partial charge in [-0.15, -0.1) is 0 Å². The average molecular weight is 397 g/mol. The van der Waals surface area contributed by atoms with E-state index in [1.54, 1.807) is 19.2 Å². The first kappa shape index (κ1) is 20.3. The Bertz CT molecular complexity index is 832. The van der Waals surface area contributed by atoms with Crippen molar-refractivity contribution in [2.45, 2.75) is 6.92 Å². The highest BCUT2D eigenvalue weighted by atomic mass is 16.5. The van der Waals surface area contributed by atoms with Crippen molar-refractivity contribution >= 4 is 29.1 Å². The highest BCUT2D eigenvalue weighted by Crippen LogP contribution is 2.20. The van der Waals surface area contributed by atoms with Crippen molar-refractivity contribution in [3.05, 3.63) is 48.5 Å². The van der Waals surface area contributed by atoms with Crippen molar-refractivity contribution in [1.29, 1.82) is 0 Å². The summed E-state index contributed by atoms with van der Waals surface area (Å²) in [7, 11) is 1.58. The van der Waals surface area contributed by atoms with Crippen LogP contribution in [-0.2, 0) is 0 Å². The SMILES string of the molecule is CCNC(=O)N1CCN(c2ccc(NC(=O)Nc3cccc(OC)c3)cc2)CC1. The summed E-state index contributed by atoms with van der Waals surface area (Å²) >= 11 is 0. The lowest BCUT2D eigenvalue weighted by Crippen LogP contribution is -2.51. The van der Waals surface area contributed by atoms with Gasteiger partial charge in [-0.2, -0.15) is 0 Å². The van der Waals surface area contributed by atoms with Gasteiger partial charge in [-0.3, -0.25) is 0 Å². The highest BCUT2D eigenvalue weighted by Gasteiger charge is 2.20. The molecule has 3 N–H and O–H groups in total. The molecule has 29 heavy (non-hydrogen) atoms. The molecule has 2 aromatic carbocycles. The molecule has 1 aliphatic rings. The fraction of sp³-hybridized carbons (Fsp3) is 0.333. The number of anilines is 3. The number of carbonyl (C=O) groups is 2. The minimum Gasteiger partial charge on any atom is -0.497 e. The van der Waals surface area contributed by atoms with Crippen LogP contribution in [0.4, 0.5) is 26.7 Å². The number of benzene rings is 2. The lowest BCUT2D eigenvalue weighted by atomic mass is 10.2. The molecule has 0 spiro atoms. The zero-order valence-electron chi connectivity index (χ0n) is 16.8. The van der Waals surface area contributed by atoms with Crippen LogP contribution >= 0.6 is 0 Å². The van der Waals surface area contributed by atoms with Crippen molar-refractivity contribution in [2.24, 2.45) is 0 Å². The number of piperazine rings is 1. The van der Waals surface area contributed by atoms with Gasteiger partial charge >= 0.3 is 12.1 Å². The molecule has 0 unspecified atom stereocenters. The van der Waals surface area contributed by atoms with Gasteiger partial charge in [-0.05, 0) is 43.3 Å². The fourth-order valence-corrected chi connectivity index (χ4v) is 3.18. The van der Waals surface area contributed by atoms with E-state index in [1.807, 2.05) is 48.2 Å². The van der Waals surface area contributed by atoms with Crippen LogP contribution in [0.25, 0.3) is 0 Å². The van der Waals surface area contributed by atoms with Crippen molar-refractivity contribution in [2.75, 3.05) is 55.4 Å². The largest absolute Gasteiger partial charge is 0.497 e. The molecule has 8 heteroatoms. The highest BCUT2D eigenvalue weighted by molar-refractivity contribution is 5.99. The normalized spacial score (nSPS) is 13.6. The van der Waals surface area contributed by atoms with Gasteiger partial charge in [-0.1, -0.05) is 6.07 Å². The molecule has 1 fully saturated rings. The molecule has 3 rings (SSSR count). The zero-order chi connectivity index (χ0) is 20.6. The monoisotopic (exact) mass is 397 g/mol. The molecular weight excluding hydrogens is 370 g/mol. The van der Waals surface area contributed by atoms with E-state index in [0.29, 0.717) is 36.8 Å². The summed E-state index contributed by atoms with van der Waals surface area (Å²) in [5.74, 6) is 0.680. The molecule has 1 aliphatic heterocycles. The molecule has 1 saturated heterocycles. The smallest absolute Gasteiger partial charge is 0.323 e. The predicted molar refractivity (Wildman–Crippen MR) is 115 cm³/mol. The number of nitrogens with zero attached hydrogens (tertiary/aromatic N) is 2. The van der Waals surface area contributed by atoms with E-state index in [-0.39, 0.29) is 12.1 Å². The van der Waals surface area contributed by atoms with Gasteiger partial charge in [0.05, 0.1) is 7.11 Å². The van der Waals surface area contributed by atoms with Crippen molar-refractivity contribution in [1.82, 2.24) is 10.2 Å². The first-order valence-electron chi connectivity index (χ1n) is 9.69. The van der Waals surface area contributed by atoms with Gasteiger partial charge in [0, 0.05) is 55.9 Å². The zero-order valence-corrected chi connectivity index (χ0v) is 16.8. The number of amides is 4. The third kappa shape index (κ3) is 5.54. The van der Waals surface area contributed by atoms with Crippen LogP contribution in [0.2, 0.25) is 0 Å². The van der Waals surface area contributed by atoms with Crippen LogP contribution in [0, 0.1) is 0 Å². The Balaban J connectivity index is 1.51. The number of hydrogen-bond donors (Lipinski definition) is 3. The van der Waals surface area contributed by atoms with E-state index in [0.717, 1.165) is 18.8 Å². The molecule has 0 aliphatic carbocycles. The quantitative estimate of drug-likeness (QED) is 0.723. The molecule has 0 bridgehead atoms. The van der Waals surface area contributed by atoms with Crippen LogP contribution in [0.1, 0.15) is 6.92 Å². The molecule has 0 aromatic heterocycles. The molecule has 1 heterocycles. The Labute approximate surface area is 170 Å². The van der Waals surface area contributed by atoms with Gasteiger partial charge in [0.25, 0.3) is 0 Å². The third-order valence-electron chi connectivity index (χ3n) is 4.71. The van der Waals surface area contributed by atoms with E-state index in [2.05, 4.69) is 20.9 Å². The Kier molecular flexibility index (Phi) is 6.78. The molecule has 8 nitrogen and oxygen atoms in total. The summed E-state index contributed by atoms with van der Waals surface area (Å²) in [5, 5.41) is 8.44. The van der Waals surface area contributed by atoms with Crippen LogP contribution in [0.15, 0.2) is 48.5 Å². The Morgan fingerprint density at radius 2 is 1.66 bits per heavy atom. The maximum Gasteiger partial charge on any atom is 0.323 e. The Morgan fingerprint density at radius 1 is 0.966 bits per heavy atom. The number of methoxy groups -OCH3 is 1. The molecule has 0 saturated carbocycles. The lowest BCUT2D eigenvalue weighted by Gasteiger charge is -2.36. The summed E-state index contributed by atoms with van der Waals surface area (Å²) in [6.45, 7) is 5.49. The minimum atomic E-state index is -0.318. The Morgan fingerprint density at radius 3 is 2.31 bits per heavy atom. The predicted octanol–water partition coefficient (Wildman–Crippen LogP) is 3.19. The second kappa shape index (κ2) is 9.68. The number of urea groups is 2. The van der Waals surface area contributed by atoms with E-state index >= 15 is 0 Å². The van der Waals surface area contributed by atoms with Crippen LogP contribution in [-0.4, -0.2) is 56.8 Å². The number of carbonyl (C=O) groups excluding carboxylic acids is 2. The van der Waals surface area contributed by atoms with Crippen LogP contribution in [0.5, 0.6) is 5.75 Å². The third-order valence-corrected chi connectivity index (χ3v) is 4.71. The van der Waals surface area contributed by atoms with Crippen LogP contribution in [0.3, 0.4) is 0 Å². The van der Waals surface area contributed by atoms with Crippen molar-refractivity contribution < 1.29 is 14.3 Å². The molecule has 0 atom stereocenters. The summed E-state index contributed by atoms with van der Waals surface area (Å²) in [6.07, 6.45) is 0. The molecule has 154 valence electrons. The second-order valence-electron chi connectivity index (χ2n) is 6.67. The number of hydrogen-bond acceptors (Lipinski definition) is 4. The summed E-state index contributed by atoms with van der Waals surface area (Å²) < 4.78 is 5.16. The lowest BCUT2D eigenvalue weighted by molar-refractivity contribution is 0.195. The summed E-state index contributed by atoms with van der Waals surface area (Å²) in [4.78, 5) is 28.2. The summed E-state index contributed by atoms with van der Waals surface area (Å²) in [6, 6.07) is 14.6. The first-order chi connectivity index (χ1) is 14.1.